The molecule has 1 fully saturated rings. The van der Waals surface area contributed by atoms with Crippen LogP contribution < -0.4 is 15.8 Å². The Morgan fingerprint density at radius 3 is 2.26 bits per heavy atom. The summed E-state index contributed by atoms with van der Waals surface area (Å²) in [5.41, 5.74) is 0.821. The Hall–Kier alpha value is -2.97. The fraction of sp³-hybridized carbons (Fsp3) is 0.400. The van der Waals surface area contributed by atoms with Crippen molar-refractivity contribution in [2.45, 2.75) is 57.7 Å². The highest BCUT2D eigenvalue weighted by Crippen LogP contribution is 2.36. The first-order valence-corrected chi connectivity index (χ1v) is 11.0. The van der Waals surface area contributed by atoms with E-state index in [1.54, 1.807) is 18.2 Å². The summed E-state index contributed by atoms with van der Waals surface area (Å²) in [7, 11) is 2.00. The first-order valence-electron chi connectivity index (χ1n) is 11.0. The molecule has 0 amide bonds. The van der Waals surface area contributed by atoms with Gasteiger partial charge in [0, 0.05) is 36.4 Å². The van der Waals surface area contributed by atoms with Crippen molar-refractivity contribution in [1.82, 2.24) is 20.5 Å². The number of halogens is 2. The lowest BCUT2D eigenvalue weighted by Crippen LogP contribution is -2.62. The second kappa shape index (κ2) is 9.35. The second-order valence-corrected chi connectivity index (χ2v) is 10.1. The standard InChI is InChI=1S/C25H30FN5O2.ClH/c1-24(2)13-17(14-25(3,4)30-24)31(5)21-7-6-19(28-29-21)23-18(26)10-16(11-20(23)32)15-8-9-27-22(33)12-15;/h6-12,17,30,32H,13-14H2,1-5H3,(H,27,33);1H. The van der Waals surface area contributed by atoms with E-state index in [4.69, 9.17) is 0 Å². The first-order chi connectivity index (χ1) is 15.4. The van der Waals surface area contributed by atoms with E-state index in [-0.39, 0.29) is 52.1 Å². The number of hydrogen-bond acceptors (Lipinski definition) is 6. The molecule has 1 aromatic carbocycles. The molecule has 7 nitrogen and oxygen atoms in total. The van der Waals surface area contributed by atoms with Crippen molar-refractivity contribution in [3.8, 4) is 28.1 Å². The molecule has 0 atom stereocenters. The summed E-state index contributed by atoms with van der Waals surface area (Å²) < 4.78 is 15.0. The van der Waals surface area contributed by atoms with Crippen LogP contribution in [0.5, 0.6) is 5.75 Å². The third kappa shape index (κ3) is 5.39. The van der Waals surface area contributed by atoms with E-state index < -0.39 is 5.82 Å². The summed E-state index contributed by atoms with van der Waals surface area (Å²) in [6.07, 6.45) is 3.39. The number of nitrogens with one attached hydrogen (secondary N) is 2. The van der Waals surface area contributed by atoms with Gasteiger partial charge < -0.3 is 20.3 Å². The van der Waals surface area contributed by atoms with E-state index in [1.807, 2.05) is 7.05 Å². The number of piperidine rings is 1. The Balaban J connectivity index is 0.00000324. The zero-order valence-electron chi connectivity index (χ0n) is 20.0. The average Bonchev–Trinajstić information content (AvgIpc) is 2.71. The number of aromatic hydroxyl groups is 1. The Morgan fingerprint density at radius 1 is 1.03 bits per heavy atom. The minimum absolute atomic E-state index is 0. The number of nitrogens with zero attached hydrogens (tertiary/aromatic N) is 3. The van der Waals surface area contributed by atoms with Crippen molar-refractivity contribution in [1.29, 1.82) is 0 Å². The molecule has 3 heterocycles. The van der Waals surface area contributed by atoms with E-state index in [9.17, 15) is 14.3 Å². The zero-order chi connectivity index (χ0) is 24.0. The van der Waals surface area contributed by atoms with Gasteiger partial charge in [-0.3, -0.25) is 4.79 Å². The van der Waals surface area contributed by atoms with E-state index in [0.29, 0.717) is 16.9 Å². The molecule has 3 N–H and O–H groups in total. The number of hydrogen-bond donors (Lipinski definition) is 3. The van der Waals surface area contributed by atoms with Gasteiger partial charge in [-0.1, -0.05) is 0 Å². The minimum atomic E-state index is -0.637. The van der Waals surface area contributed by atoms with Gasteiger partial charge in [0.25, 0.3) is 0 Å². The van der Waals surface area contributed by atoms with Crippen LogP contribution >= 0.6 is 12.4 Å². The number of aromatic nitrogens is 3. The lowest BCUT2D eigenvalue weighted by atomic mass is 9.79. The number of phenolic OH excluding ortho intramolecular Hbond substituents is 1. The van der Waals surface area contributed by atoms with Crippen LogP contribution in [0.1, 0.15) is 40.5 Å². The molecule has 0 bridgehead atoms. The van der Waals surface area contributed by atoms with Gasteiger partial charge in [-0.15, -0.1) is 22.6 Å². The fourth-order valence-corrected chi connectivity index (χ4v) is 5.01. The predicted octanol–water partition coefficient (Wildman–Crippen LogP) is 4.51. The molecule has 4 rings (SSSR count). The van der Waals surface area contributed by atoms with Crippen LogP contribution in [0.15, 0.2) is 47.4 Å². The van der Waals surface area contributed by atoms with Gasteiger partial charge in [-0.05, 0) is 82.0 Å². The number of rotatable bonds is 4. The molecular weight excluding hydrogens is 457 g/mol. The van der Waals surface area contributed by atoms with Gasteiger partial charge in [-0.2, -0.15) is 0 Å². The quantitative estimate of drug-likeness (QED) is 0.501. The molecule has 0 saturated carbocycles. The molecule has 0 radical (unpaired) electrons. The van der Waals surface area contributed by atoms with E-state index in [0.717, 1.165) is 12.8 Å². The monoisotopic (exact) mass is 487 g/mol. The topological polar surface area (TPSA) is 94.1 Å². The van der Waals surface area contributed by atoms with Gasteiger partial charge >= 0.3 is 0 Å². The number of phenols is 1. The Morgan fingerprint density at radius 2 is 1.71 bits per heavy atom. The predicted molar refractivity (Wildman–Crippen MR) is 135 cm³/mol. The van der Waals surface area contributed by atoms with Crippen LogP contribution in [-0.4, -0.2) is 44.5 Å². The van der Waals surface area contributed by atoms with Crippen molar-refractivity contribution >= 4 is 18.2 Å². The van der Waals surface area contributed by atoms with Crippen molar-refractivity contribution in [2.24, 2.45) is 0 Å². The highest BCUT2D eigenvalue weighted by atomic mass is 35.5. The van der Waals surface area contributed by atoms with E-state index in [1.165, 1.54) is 24.4 Å². The molecule has 1 aliphatic heterocycles. The van der Waals surface area contributed by atoms with Gasteiger partial charge in [0.05, 0.1) is 11.3 Å². The summed E-state index contributed by atoms with van der Waals surface area (Å²) in [4.78, 5) is 16.2. The van der Waals surface area contributed by atoms with Crippen LogP contribution in [0.4, 0.5) is 10.2 Å². The minimum Gasteiger partial charge on any atom is -0.507 e. The summed E-state index contributed by atoms with van der Waals surface area (Å²) in [5, 5.41) is 22.8. The number of anilines is 1. The van der Waals surface area contributed by atoms with Crippen LogP contribution in [0.25, 0.3) is 22.4 Å². The van der Waals surface area contributed by atoms with Gasteiger partial charge in [0.1, 0.15) is 11.6 Å². The van der Waals surface area contributed by atoms with Gasteiger partial charge in [-0.25, -0.2) is 4.39 Å². The zero-order valence-corrected chi connectivity index (χ0v) is 20.8. The lowest BCUT2D eigenvalue weighted by Gasteiger charge is -2.49. The third-order valence-corrected chi connectivity index (χ3v) is 6.16. The van der Waals surface area contributed by atoms with Crippen molar-refractivity contribution in [2.75, 3.05) is 11.9 Å². The molecule has 0 unspecified atom stereocenters. The fourth-order valence-electron chi connectivity index (χ4n) is 5.01. The maximum absolute atomic E-state index is 15.0. The van der Waals surface area contributed by atoms with Crippen LogP contribution in [0.2, 0.25) is 0 Å². The smallest absolute Gasteiger partial charge is 0.248 e. The van der Waals surface area contributed by atoms with Crippen LogP contribution in [0.3, 0.4) is 0 Å². The summed E-state index contributed by atoms with van der Waals surface area (Å²) in [6, 6.07) is 9.44. The number of H-pyrrole nitrogens is 1. The largest absolute Gasteiger partial charge is 0.507 e. The van der Waals surface area contributed by atoms with Crippen LogP contribution in [0, 0.1) is 5.82 Å². The maximum atomic E-state index is 15.0. The molecule has 9 heteroatoms. The highest BCUT2D eigenvalue weighted by Gasteiger charge is 2.39. The average molecular weight is 488 g/mol. The number of benzene rings is 1. The number of aromatic amines is 1. The molecule has 0 aliphatic carbocycles. The van der Waals surface area contributed by atoms with Gasteiger partial charge in [0.2, 0.25) is 5.56 Å². The molecule has 3 aromatic rings. The molecule has 182 valence electrons. The summed E-state index contributed by atoms with van der Waals surface area (Å²) in [6.45, 7) is 8.79. The Labute approximate surface area is 204 Å². The first kappa shape index (κ1) is 25.6. The van der Waals surface area contributed by atoms with Crippen molar-refractivity contribution in [3.05, 3.63) is 58.8 Å². The van der Waals surface area contributed by atoms with Gasteiger partial charge in [0.15, 0.2) is 5.82 Å². The second-order valence-electron chi connectivity index (χ2n) is 10.1. The third-order valence-electron chi connectivity index (χ3n) is 6.16. The van der Waals surface area contributed by atoms with Crippen molar-refractivity contribution in [3.63, 3.8) is 0 Å². The normalized spacial score (nSPS) is 17.1. The lowest BCUT2D eigenvalue weighted by molar-refractivity contribution is 0.160. The van der Waals surface area contributed by atoms with Crippen LogP contribution in [-0.2, 0) is 0 Å². The molecule has 1 saturated heterocycles. The highest BCUT2D eigenvalue weighted by molar-refractivity contribution is 5.85. The van der Waals surface area contributed by atoms with Crippen molar-refractivity contribution < 1.29 is 9.50 Å². The molecule has 1 aliphatic rings. The number of pyridine rings is 1. The summed E-state index contributed by atoms with van der Waals surface area (Å²) >= 11 is 0. The van der Waals surface area contributed by atoms with E-state index in [2.05, 4.69) is 53.1 Å². The molecule has 2 aromatic heterocycles. The Kier molecular flexibility index (Phi) is 7.05. The summed E-state index contributed by atoms with van der Waals surface area (Å²) in [5.74, 6) is -0.206. The molecular formula is C25H31ClFN5O2. The SMILES string of the molecule is CN(c1ccc(-c2c(O)cc(-c3cc[nH]c(=O)c3)cc2F)nn1)C1CC(C)(C)NC(C)(C)C1.Cl. The van der Waals surface area contributed by atoms with E-state index >= 15 is 0 Å². The molecule has 0 spiro atoms. The molecule has 34 heavy (non-hydrogen) atoms. The Bertz CT molecular complexity index is 1190. The maximum Gasteiger partial charge on any atom is 0.248 e.